The molecule has 0 fully saturated rings. The monoisotopic (exact) mass is 374 g/mol. The lowest BCUT2D eigenvalue weighted by Gasteiger charge is -2.07. The third-order valence-electron chi connectivity index (χ3n) is 4.69. The molecule has 0 radical (unpaired) electrons. The molecule has 4 rings (SSSR count). The number of nitrogens with one attached hydrogen (secondary N) is 1. The van der Waals surface area contributed by atoms with Crippen LogP contribution in [0.1, 0.15) is 29.3 Å². The molecule has 6 heteroatoms. The van der Waals surface area contributed by atoms with Crippen LogP contribution in [-0.2, 0) is 6.54 Å². The van der Waals surface area contributed by atoms with E-state index in [1.165, 1.54) is 0 Å². The number of fused-ring (bicyclic) bond motifs is 2. The minimum Gasteiger partial charge on any atom is -0.496 e. The van der Waals surface area contributed by atoms with Gasteiger partial charge in [-0.2, -0.15) is 5.10 Å². The normalized spacial score (nSPS) is 11.1. The van der Waals surface area contributed by atoms with Crippen molar-refractivity contribution in [3.8, 4) is 5.75 Å². The number of ether oxygens (including phenoxy) is 1. The highest BCUT2D eigenvalue weighted by atomic mass is 16.5. The third-order valence-corrected chi connectivity index (χ3v) is 4.69. The molecule has 0 saturated carbocycles. The van der Waals surface area contributed by atoms with E-state index in [1.54, 1.807) is 19.2 Å². The quantitative estimate of drug-likeness (QED) is 0.556. The molecule has 28 heavy (non-hydrogen) atoms. The smallest absolute Gasteiger partial charge is 0.260 e. The van der Waals surface area contributed by atoms with E-state index in [1.807, 2.05) is 35.9 Å². The predicted octanol–water partition coefficient (Wildman–Crippen LogP) is 4.56. The molecule has 1 amide bonds. The maximum Gasteiger partial charge on any atom is 0.260 e. The van der Waals surface area contributed by atoms with Gasteiger partial charge in [-0.3, -0.25) is 4.79 Å². The first-order valence-electron chi connectivity index (χ1n) is 9.33. The molecule has 6 nitrogen and oxygen atoms in total. The van der Waals surface area contributed by atoms with E-state index < -0.39 is 0 Å². The van der Waals surface area contributed by atoms with E-state index in [0.29, 0.717) is 17.1 Å². The molecule has 1 N–H and O–H groups in total. The second kappa shape index (κ2) is 7.31. The van der Waals surface area contributed by atoms with Crippen molar-refractivity contribution < 1.29 is 9.53 Å². The molecule has 142 valence electrons. The van der Waals surface area contributed by atoms with Crippen LogP contribution in [0.2, 0.25) is 0 Å². The van der Waals surface area contributed by atoms with Crippen molar-refractivity contribution in [2.75, 3.05) is 12.4 Å². The zero-order valence-corrected chi connectivity index (χ0v) is 16.2. The molecule has 0 saturated heterocycles. The summed E-state index contributed by atoms with van der Waals surface area (Å²) >= 11 is 0. The zero-order valence-electron chi connectivity index (χ0n) is 16.2. The molecule has 2 aromatic heterocycles. The Hall–Kier alpha value is -3.41. The van der Waals surface area contributed by atoms with Gasteiger partial charge in [0.05, 0.1) is 23.6 Å². The lowest BCUT2D eigenvalue weighted by Crippen LogP contribution is -2.14. The van der Waals surface area contributed by atoms with Crippen molar-refractivity contribution in [3.05, 3.63) is 59.7 Å². The Morgan fingerprint density at radius 1 is 1.18 bits per heavy atom. The lowest BCUT2D eigenvalue weighted by atomic mass is 10.1. The van der Waals surface area contributed by atoms with E-state index in [9.17, 15) is 4.79 Å². The first-order chi connectivity index (χ1) is 13.6. The Morgan fingerprint density at radius 2 is 2.00 bits per heavy atom. The molecular weight excluding hydrogens is 352 g/mol. The average Bonchev–Trinajstić information content (AvgIpc) is 3.02. The van der Waals surface area contributed by atoms with Crippen LogP contribution in [0, 0.1) is 6.92 Å². The lowest BCUT2D eigenvalue weighted by molar-refractivity contribution is 0.102. The van der Waals surface area contributed by atoms with Gasteiger partial charge in [0.1, 0.15) is 5.75 Å². The van der Waals surface area contributed by atoms with Gasteiger partial charge < -0.3 is 10.1 Å². The fourth-order valence-corrected chi connectivity index (χ4v) is 3.33. The number of hydrogen-bond donors (Lipinski definition) is 1. The molecule has 0 bridgehead atoms. The Labute approximate surface area is 163 Å². The number of carbonyl (C=O) groups is 1. The van der Waals surface area contributed by atoms with Crippen molar-refractivity contribution in [2.45, 2.75) is 26.8 Å². The number of benzene rings is 2. The fraction of sp³-hybridized carbons (Fsp3) is 0.227. The molecular formula is C22H22N4O2. The highest BCUT2D eigenvalue weighted by Gasteiger charge is 2.18. The summed E-state index contributed by atoms with van der Waals surface area (Å²) in [6, 6.07) is 15.3. The second-order valence-electron chi connectivity index (χ2n) is 6.78. The van der Waals surface area contributed by atoms with Crippen LogP contribution in [0.25, 0.3) is 21.9 Å². The van der Waals surface area contributed by atoms with Crippen LogP contribution in [0.3, 0.4) is 0 Å². The van der Waals surface area contributed by atoms with Crippen molar-refractivity contribution in [1.29, 1.82) is 0 Å². The summed E-state index contributed by atoms with van der Waals surface area (Å²) < 4.78 is 7.16. The number of nitrogens with zero attached hydrogens (tertiary/aromatic N) is 3. The number of pyridine rings is 1. The Bertz CT molecular complexity index is 1180. The maximum atomic E-state index is 12.9. The number of amides is 1. The number of anilines is 1. The van der Waals surface area contributed by atoms with Gasteiger partial charge >= 0.3 is 0 Å². The summed E-state index contributed by atoms with van der Waals surface area (Å²) in [5, 5.41) is 9.41. The van der Waals surface area contributed by atoms with Crippen LogP contribution >= 0.6 is 0 Å². The number of para-hydroxylation sites is 1. The minimum atomic E-state index is -0.260. The number of carbonyl (C=O) groups excluding carboxylic acids is 1. The van der Waals surface area contributed by atoms with Crippen LogP contribution in [0.4, 0.5) is 5.82 Å². The molecule has 0 aliphatic rings. The Balaban J connectivity index is 1.82. The molecule has 0 atom stereocenters. The summed E-state index contributed by atoms with van der Waals surface area (Å²) in [7, 11) is 1.55. The number of methoxy groups -OCH3 is 1. The number of hydrogen-bond acceptors (Lipinski definition) is 4. The standard InChI is InChI=1S/C22H22N4O2/c1-4-11-26-21-17(13-15-10-9-14(2)12-18(15)23-21)20(25-26)24-22(27)16-7-5-6-8-19(16)28-3/h5-10,12-13H,4,11H2,1-3H3,(H,24,25,27). The van der Waals surface area contributed by atoms with Crippen LogP contribution < -0.4 is 10.1 Å². The first-order valence-corrected chi connectivity index (χ1v) is 9.33. The molecule has 0 unspecified atom stereocenters. The first kappa shape index (κ1) is 18.0. The average molecular weight is 374 g/mol. The van der Waals surface area contributed by atoms with Gasteiger partial charge in [0.25, 0.3) is 5.91 Å². The highest BCUT2D eigenvalue weighted by Crippen LogP contribution is 2.28. The molecule has 2 aromatic carbocycles. The van der Waals surface area contributed by atoms with Crippen molar-refractivity contribution in [2.24, 2.45) is 0 Å². The van der Waals surface area contributed by atoms with E-state index >= 15 is 0 Å². The number of aromatic nitrogens is 3. The van der Waals surface area contributed by atoms with Gasteiger partial charge in [-0.25, -0.2) is 9.67 Å². The van der Waals surface area contributed by atoms with Crippen LogP contribution in [0.15, 0.2) is 48.5 Å². The Morgan fingerprint density at radius 3 is 2.79 bits per heavy atom. The summed E-state index contributed by atoms with van der Waals surface area (Å²) in [6.45, 7) is 4.87. The van der Waals surface area contributed by atoms with Crippen LogP contribution in [-0.4, -0.2) is 27.8 Å². The van der Waals surface area contributed by atoms with Crippen molar-refractivity contribution in [3.63, 3.8) is 0 Å². The van der Waals surface area contributed by atoms with E-state index in [-0.39, 0.29) is 5.91 Å². The van der Waals surface area contributed by atoms with Gasteiger partial charge in [0.15, 0.2) is 11.5 Å². The largest absolute Gasteiger partial charge is 0.496 e. The molecule has 0 spiro atoms. The van der Waals surface area contributed by atoms with E-state index in [0.717, 1.165) is 40.5 Å². The maximum absolute atomic E-state index is 12.9. The predicted molar refractivity (Wildman–Crippen MR) is 111 cm³/mol. The van der Waals surface area contributed by atoms with Gasteiger partial charge in [0, 0.05) is 11.9 Å². The minimum absolute atomic E-state index is 0.260. The SMILES string of the molecule is CCCn1nc(NC(=O)c2ccccc2OC)c2cc3ccc(C)cc3nc21. The topological polar surface area (TPSA) is 69.0 Å². The third kappa shape index (κ3) is 3.17. The summed E-state index contributed by atoms with van der Waals surface area (Å²) in [5.74, 6) is 0.773. The van der Waals surface area contributed by atoms with E-state index in [2.05, 4.69) is 29.5 Å². The number of rotatable bonds is 5. The summed E-state index contributed by atoms with van der Waals surface area (Å²) in [6.07, 6.45) is 0.921. The summed E-state index contributed by atoms with van der Waals surface area (Å²) in [4.78, 5) is 17.7. The summed E-state index contributed by atoms with van der Waals surface area (Å²) in [5.41, 5.74) is 3.32. The van der Waals surface area contributed by atoms with Gasteiger partial charge in [-0.1, -0.05) is 31.2 Å². The van der Waals surface area contributed by atoms with Gasteiger partial charge in [-0.05, 0) is 43.2 Å². The molecule has 0 aliphatic carbocycles. The fourth-order valence-electron chi connectivity index (χ4n) is 3.33. The van der Waals surface area contributed by atoms with Crippen molar-refractivity contribution >= 4 is 33.7 Å². The molecule has 4 aromatic rings. The second-order valence-corrected chi connectivity index (χ2v) is 6.78. The number of aryl methyl sites for hydroxylation is 2. The van der Waals surface area contributed by atoms with E-state index in [4.69, 9.17) is 9.72 Å². The molecule has 0 aliphatic heterocycles. The van der Waals surface area contributed by atoms with Gasteiger partial charge in [-0.15, -0.1) is 0 Å². The zero-order chi connectivity index (χ0) is 19.7. The van der Waals surface area contributed by atoms with Crippen molar-refractivity contribution in [1.82, 2.24) is 14.8 Å². The van der Waals surface area contributed by atoms with Crippen LogP contribution in [0.5, 0.6) is 5.75 Å². The highest BCUT2D eigenvalue weighted by molar-refractivity contribution is 6.10. The molecule has 2 heterocycles. The van der Waals surface area contributed by atoms with Gasteiger partial charge in [0.2, 0.25) is 0 Å². The Kier molecular flexibility index (Phi) is 4.69.